The molecule has 21 heavy (non-hydrogen) atoms. The van der Waals surface area contributed by atoms with E-state index in [0.717, 1.165) is 25.7 Å². The smallest absolute Gasteiger partial charge is 0.265 e. The van der Waals surface area contributed by atoms with Gasteiger partial charge in [-0.2, -0.15) is 0 Å². The first-order valence-electron chi connectivity index (χ1n) is 7.15. The van der Waals surface area contributed by atoms with E-state index < -0.39 is 5.82 Å². The fourth-order valence-electron chi connectivity index (χ4n) is 2.84. The van der Waals surface area contributed by atoms with Gasteiger partial charge in [-0.15, -0.1) is 0 Å². The van der Waals surface area contributed by atoms with E-state index in [9.17, 15) is 14.0 Å². The number of nitrogens with zero attached hydrogens (tertiary/aromatic N) is 1. The zero-order valence-corrected chi connectivity index (χ0v) is 11.6. The molecule has 2 aliphatic rings. The highest BCUT2D eigenvalue weighted by Crippen LogP contribution is 2.32. The Morgan fingerprint density at radius 2 is 2.14 bits per heavy atom. The highest BCUT2D eigenvalue weighted by atomic mass is 19.1. The molecule has 0 saturated heterocycles. The van der Waals surface area contributed by atoms with Crippen LogP contribution in [0.1, 0.15) is 25.7 Å². The molecular formula is C15H17FN2O3. The summed E-state index contributed by atoms with van der Waals surface area (Å²) >= 11 is 0. The minimum Gasteiger partial charge on any atom is -0.482 e. The lowest BCUT2D eigenvalue weighted by Crippen LogP contribution is -2.46. The van der Waals surface area contributed by atoms with Crippen LogP contribution >= 0.6 is 0 Å². The van der Waals surface area contributed by atoms with Crippen molar-refractivity contribution in [2.45, 2.75) is 31.7 Å². The van der Waals surface area contributed by atoms with Crippen LogP contribution < -0.4 is 15.0 Å². The zero-order valence-electron chi connectivity index (χ0n) is 11.6. The molecule has 0 aromatic heterocycles. The SMILES string of the molecule is O=C(CN1C(=O)COc2ccc(F)cc21)NC1CCCC1. The van der Waals surface area contributed by atoms with E-state index in [4.69, 9.17) is 4.74 Å². The van der Waals surface area contributed by atoms with Crippen molar-refractivity contribution >= 4 is 17.5 Å². The van der Waals surface area contributed by atoms with Crippen LogP contribution in [0.4, 0.5) is 10.1 Å². The van der Waals surface area contributed by atoms with Crippen LogP contribution in [0, 0.1) is 5.82 Å². The normalized spacial score (nSPS) is 18.3. The van der Waals surface area contributed by atoms with E-state index in [1.807, 2.05) is 0 Å². The van der Waals surface area contributed by atoms with Crippen LogP contribution in [0.3, 0.4) is 0 Å². The Labute approximate surface area is 122 Å². The molecule has 112 valence electrons. The Kier molecular flexibility index (Phi) is 3.77. The number of benzene rings is 1. The quantitative estimate of drug-likeness (QED) is 0.921. The number of carbonyl (C=O) groups is 2. The molecule has 2 amide bonds. The number of nitrogens with one attached hydrogen (secondary N) is 1. The molecule has 1 aromatic rings. The van der Waals surface area contributed by atoms with Gasteiger partial charge in [0.25, 0.3) is 5.91 Å². The Balaban J connectivity index is 1.73. The monoisotopic (exact) mass is 292 g/mol. The Hall–Kier alpha value is -2.11. The predicted molar refractivity (Wildman–Crippen MR) is 74.6 cm³/mol. The number of rotatable bonds is 3. The molecule has 1 aliphatic heterocycles. The Morgan fingerprint density at radius 1 is 1.38 bits per heavy atom. The minimum absolute atomic E-state index is 0.102. The van der Waals surface area contributed by atoms with Gasteiger partial charge in [-0.25, -0.2) is 4.39 Å². The summed E-state index contributed by atoms with van der Waals surface area (Å²) in [7, 11) is 0. The van der Waals surface area contributed by atoms with E-state index in [0.29, 0.717) is 11.4 Å². The summed E-state index contributed by atoms with van der Waals surface area (Å²) < 4.78 is 18.6. The molecule has 1 heterocycles. The highest BCUT2D eigenvalue weighted by molar-refractivity contribution is 6.02. The maximum Gasteiger partial charge on any atom is 0.265 e. The van der Waals surface area contributed by atoms with E-state index in [1.54, 1.807) is 0 Å². The van der Waals surface area contributed by atoms with Crippen molar-refractivity contribution in [1.29, 1.82) is 0 Å². The van der Waals surface area contributed by atoms with Crippen LogP contribution in [0.5, 0.6) is 5.75 Å². The van der Waals surface area contributed by atoms with Gasteiger partial charge in [-0.05, 0) is 25.0 Å². The van der Waals surface area contributed by atoms with Gasteiger partial charge in [-0.3, -0.25) is 14.5 Å². The van der Waals surface area contributed by atoms with Gasteiger partial charge in [0.15, 0.2) is 6.61 Å². The first-order chi connectivity index (χ1) is 10.1. The van der Waals surface area contributed by atoms with Crippen LogP contribution in [0.15, 0.2) is 18.2 Å². The molecule has 1 saturated carbocycles. The zero-order chi connectivity index (χ0) is 14.8. The lowest BCUT2D eigenvalue weighted by molar-refractivity contribution is -0.125. The number of hydrogen-bond acceptors (Lipinski definition) is 3. The number of amides is 2. The number of fused-ring (bicyclic) bond motifs is 1. The molecule has 1 aliphatic carbocycles. The second-order valence-electron chi connectivity index (χ2n) is 5.43. The highest BCUT2D eigenvalue weighted by Gasteiger charge is 2.28. The molecule has 1 aromatic carbocycles. The van der Waals surface area contributed by atoms with E-state index in [1.165, 1.54) is 23.1 Å². The van der Waals surface area contributed by atoms with Crippen LogP contribution in [-0.2, 0) is 9.59 Å². The molecule has 5 nitrogen and oxygen atoms in total. The Morgan fingerprint density at radius 3 is 2.90 bits per heavy atom. The van der Waals surface area contributed by atoms with Gasteiger partial charge in [0.05, 0.1) is 5.69 Å². The molecule has 0 radical (unpaired) electrons. The third kappa shape index (κ3) is 2.99. The van der Waals surface area contributed by atoms with Crippen molar-refractivity contribution in [2.24, 2.45) is 0 Å². The molecule has 1 fully saturated rings. The molecule has 0 bridgehead atoms. The molecule has 0 spiro atoms. The van der Waals surface area contributed by atoms with Crippen LogP contribution in [0.2, 0.25) is 0 Å². The number of ether oxygens (including phenoxy) is 1. The molecule has 3 rings (SSSR count). The van der Waals surface area contributed by atoms with Gasteiger partial charge in [0.2, 0.25) is 5.91 Å². The van der Waals surface area contributed by atoms with Crippen LogP contribution in [0.25, 0.3) is 0 Å². The second-order valence-corrected chi connectivity index (χ2v) is 5.43. The van der Waals surface area contributed by atoms with Crippen molar-refractivity contribution in [3.8, 4) is 5.75 Å². The topological polar surface area (TPSA) is 58.6 Å². The molecule has 0 atom stereocenters. The summed E-state index contributed by atoms with van der Waals surface area (Å²) in [5, 5.41) is 2.92. The molecule has 1 N–H and O–H groups in total. The minimum atomic E-state index is -0.465. The lowest BCUT2D eigenvalue weighted by atomic mass is 10.2. The Bertz CT molecular complexity index is 570. The summed E-state index contributed by atoms with van der Waals surface area (Å²) in [6.07, 6.45) is 4.20. The fourth-order valence-corrected chi connectivity index (χ4v) is 2.84. The van der Waals surface area contributed by atoms with Crippen molar-refractivity contribution < 1.29 is 18.7 Å². The van der Waals surface area contributed by atoms with Gasteiger partial charge in [-0.1, -0.05) is 12.8 Å². The van der Waals surface area contributed by atoms with E-state index >= 15 is 0 Å². The third-order valence-corrected chi connectivity index (χ3v) is 3.89. The first-order valence-corrected chi connectivity index (χ1v) is 7.15. The van der Waals surface area contributed by atoms with Gasteiger partial charge in [0.1, 0.15) is 18.1 Å². The fraction of sp³-hybridized carbons (Fsp3) is 0.467. The summed E-state index contributed by atoms with van der Waals surface area (Å²) in [5.41, 5.74) is 0.313. The summed E-state index contributed by atoms with van der Waals surface area (Å²) in [4.78, 5) is 25.3. The van der Waals surface area contributed by atoms with Gasteiger partial charge in [0, 0.05) is 12.1 Å². The van der Waals surface area contributed by atoms with Crippen LogP contribution in [-0.4, -0.2) is 31.0 Å². The largest absolute Gasteiger partial charge is 0.482 e. The number of carbonyl (C=O) groups excluding carboxylic acids is 2. The maximum atomic E-state index is 13.4. The summed E-state index contributed by atoms with van der Waals surface area (Å²) in [5.74, 6) is -0.597. The summed E-state index contributed by atoms with van der Waals surface area (Å²) in [6, 6.07) is 4.15. The first kappa shape index (κ1) is 13.9. The standard InChI is InChI=1S/C15H17FN2O3/c16-10-5-6-13-12(7-10)18(15(20)9-21-13)8-14(19)17-11-3-1-2-4-11/h5-7,11H,1-4,8-9H2,(H,17,19). The predicted octanol–water partition coefficient (Wildman–Crippen LogP) is 1.61. The lowest BCUT2D eigenvalue weighted by Gasteiger charge is -2.29. The van der Waals surface area contributed by atoms with Crippen molar-refractivity contribution in [2.75, 3.05) is 18.1 Å². The number of halogens is 1. The van der Waals surface area contributed by atoms with Crippen molar-refractivity contribution in [3.63, 3.8) is 0 Å². The number of anilines is 1. The van der Waals surface area contributed by atoms with Crippen molar-refractivity contribution in [3.05, 3.63) is 24.0 Å². The average molecular weight is 292 g/mol. The van der Waals surface area contributed by atoms with Gasteiger partial charge < -0.3 is 10.1 Å². The van der Waals surface area contributed by atoms with E-state index in [2.05, 4.69) is 5.32 Å². The molecule has 0 unspecified atom stereocenters. The summed E-state index contributed by atoms with van der Waals surface area (Å²) in [6.45, 7) is -0.232. The molecular weight excluding hydrogens is 275 g/mol. The number of hydrogen-bond donors (Lipinski definition) is 1. The van der Waals surface area contributed by atoms with Crippen molar-refractivity contribution in [1.82, 2.24) is 5.32 Å². The van der Waals surface area contributed by atoms with E-state index in [-0.39, 0.29) is 31.0 Å². The van der Waals surface area contributed by atoms with Gasteiger partial charge >= 0.3 is 0 Å². The third-order valence-electron chi connectivity index (χ3n) is 3.89. The average Bonchev–Trinajstić information content (AvgIpc) is 2.95. The maximum absolute atomic E-state index is 13.4. The molecule has 6 heteroatoms. The second kappa shape index (κ2) is 5.71.